The van der Waals surface area contributed by atoms with Crippen LogP contribution in [0, 0.1) is 0 Å². The largest absolute Gasteiger partial charge is 0.457 e. The molecular formula is C18H12O6S. The van der Waals surface area contributed by atoms with Gasteiger partial charge < -0.3 is 13.9 Å². The molecule has 0 aliphatic rings. The van der Waals surface area contributed by atoms with Crippen molar-refractivity contribution in [3.8, 4) is 5.75 Å². The van der Waals surface area contributed by atoms with E-state index in [0.29, 0.717) is 10.4 Å². The van der Waals surface area contributed by atoms with Crippen LogP contribution in [0.25, 0.3) is 0 Å². The number of Topliss-reactive ketones (excluding diaryl/α,β-unsaturated/α-hetero) is 1. The third-order valence-corrected chi connectivity index (χ3v) is 4.02. The second-order valence-corrected chi connectivity index (χ2v) is 5.82. The van der Waals surface area contributed by atoms with E-state index in [9.17, 15) is 14.4 Å². The molecule has 0 N–H and O–H groups in total. The van der Waals surface area contributed by atoms with Crippen molar-refractivity contribution >= 4 is 29.1 Å². The molecule has 0 saturated carbocycles. The molecule has 0 aliphatic carbocycles. The Balaban J connectivity index is 1.55. The number of ether oxygens (including phenoxy) is 2. The number of ketones is 1. The second kappa shape index (κ2) is 7.59. The quantitative estimate of drug-likeness (QED) is 0.381. The number of carbonyl (C=O) groups excluding carboxylic acids is 3. The number of carbonyl (C=O) groups is 3. The lowest BCUT2D eigenvalue weighted by molar-refractivity contribution is 0.0479. The predicted octanol–water partition coefficient (Wildman–Crippen LogP) is 3.60. The molecule has 0 aliphatic heterocycles. The molecule has 0 unspecified atom stereocenters. The Hall–Kier alpha value is -3.19. The van der Waals surface area contributed by atoms with E-state index >= 15 is 0 Å². The average Bonchev–Trinajstić information content (AvgIpc) is 3.33. The van der Waals surface area contributed by atoms with Gasteiger partial charge in [-0.25, -0.2) is 9.59 Å². The SMILES string of the molecule is O=C(COC(=O)c1cccs1)c1ccc(OC(=O)c2ccco2)cc1. The molecule has 2 heterocycles. The number of hydrogen-bond acceptors (Lipinski definition) is 7. The summed E-state index contributed by atoms with van der Waals surface area (Å²) in [5.74, 6) is -1.16. The number of benzene rings is 1. The Kier molecular flexibility index (Phi) is 5.06. The first kappa shape index (κ1) is 16.7. The van der Waals surface area contributed by atoms with Gasteiger partial charge in [-0.15, -0.1) is 11.3 Å². The molecule has 25 heavy (non-hydrogen) atoms. The van der Waals surface area contributed by atoms with Crippen molar-refractivity contribution in [2.24, 2.45) is 0 Å². The molecule has 3 rings (SSSR count). The highest BCUT2D eigenvalue weighted by atomic mass is 32.1. The first-order valence-electron chi connectivity index (χ1n) is 7.23. The van der Waals surface area contributed by atoms with Crippen molar-refractivity contribution < 1.29 is 28.3 Å². The summed E-state index contributed by atoms with van der Waals surface area (Å²) in [6, 6.07) is 12.4. The average molecular weight is 356 g/mol. The lowest BCUT2D eigenvalue weighted by Crippen LogP contribution is -2.13. The molecule has 7 heteroatoms. The maximum Gasteiger partial charge on any atom is 0.379 e. The van der Waals surface area contributed by atoms with Gasteiger partial charge in [0.25, 0.3) is 0 Å². The summed E-state index contributed by atoms with van der Waals surface area (Å²) in [5.41, 5.74) is 0.344. The molecule has 0 bridgehead atoms. The van der Waals surface area contributed by atoms with Gasteiger partial charge in [0.2, 0.25) is 5.76 Å². The highest BCUT2D eigenvalue weighted by Crippen LogP contribution is 2.16. The normalized spacial score (nSPS) is 10.2. The van der Waals surface area contributed by atoms with Crippen LogP contribution in [0.2, 0.25) is 0 Å². The van der Waals surface area contributed by atoms with Gasteiger partial charge in [-0.3, -0.25) is 4.79 Å². The van der Waals surface area contributed by atoms with Gasteiger partial charge in [0, 0.05) is 5.56 Å². The van der Waals surface area contributed by atoms with Crippen molar-refractivity contribution in [1.29, 1.82) is 0 Å². The number of thiophene rings is 1. The molecule has 6 nitrogen and oxygen atoms in total. The topological polar surface area (TPSA) is 82.8 Å². The van der Waals surface area contributed by atoms with Crippen molar-refractivity contribution in [3.63, 3.8) is 0 Å². The molecule has 3 aromatic rings. The number of furan rings is 1. The van der Waals surface area contributed by atoms with Gasteiger partial charge in [0.1, 0.15) is 10.6 Å². The monoisotopic (exact) mass is 356 g/mol. The van der Waals surface area contributed by atoms with E-state index in [1.54, 1.807) is 23.6 Å². The van der Waals surface area contributed by atoms with Crippen LogP contribution in [0.15, 0.2) is 64.6 Å². The molecule has 0 saturated heterocycles. The van der Waals surface area contributed by atoms with Gasteiger partial charge in [0.05, 0.1) is 6.26 Å². The van der Waals surface area contributed by atoms with E-state index in [2.05, 4.69) is 0 Å². The van der Waals surface area contributed by atoms with Crippen molar-refractivity contribution in [3.05, 3.63) is 76.4 Å². The molecule has 0 atom stereocenters. The Morgan fingerprint density at radius 2 is 1.76 bits per heavy atom. The second-order valence-electron chi connectivity index (χ2n) is 4.87. The number of rotatable bonds is 6. The molecule has 126 valence electrons. The van der Waals surface area contributed by atoms with Crippen LogP contribution in [-0.4, -0.2) is 24.3 Å². The van der Waals surface area contributed by atoms with Crippen LogP contribution in [-0.2, 0) is 4.74 Å². The summed E-state index contributed by atoms with van der Waals surface area (Å²) in [7, 11) is 0. The van der Waals surface area contributed by atoms with Crippen LogP contribution in [0.1, 0.15) is 30.6 Å². The summed E-state index contributed by atoms with van der Waals surface area (Å²) < 4.78 is 15.0. The highest BCUT2D eigenvalue weighted by molar-refractivity contribution is 7.11. The van der Waals surface area contributed by atoms with Gasteiger partial charge in [0.15, 0.2) is 12.4 Å². The van der Waals surface area contributed by atoms with Crippen LogP contribution in [0.5, 0.6) is 5.75 Å². The summed E-state index contributed by atoms with van der Waals surface area (Å²) >= 11 is 1.24. The van der Waals surface area contributed by atoms with E-state index in [1.165, 1.54) is 47.9 Å². The van der Waals surface area contributed by atoms with Gasteiger partial charge in [-0.1, -0.05) is 6.07 Å². The summed E-state index contributed by atoms with van der Waals surface area (Å²) in [4.78, 5) is 35.9. The van der Waals surface area contributed by atoms with Crippen molar-refractivity contribution in [2.45, 2.75) is 0 Å². The minimum Gasteiger partial charge on any atom is -0.457 e. The zero-order valence-electron chi connectivity index (χ0n) is 12.8. The fraction of sp³-hybridized carbons (Fsp3) is 0.0556. The predicted molar refractivity (Wildman–Crippen MR) is 89.0 cm³/mol. The Morgan fingerprint density at radius 1 is 0.960 bits per heavy atom. The lowest BCUT2D eigenvalue weighted by Gasteiger charge is -2.05. The van der Waals surface area contributed by atoms with Crippen LogP contribution < -0.4 is 4.74 Å². The third kappa shape index (κ3) is 4.21. The van der Waals surface area contributed by atoms with Crippen LogP contribution in [0.3, 0.4) is 0 Å². The molecule has 0 radical (unpaired) electrons. The number of esters is 2. The van der Waals surface area contributed by atoms with Crippen molar-refractivity contribution in [1.82, 2.24) is 0 Å². The zero-order chi connectivity index (χ0) is 17.6. The molecule has 1 aromatic carbocycles. The molecule has 0 amide bonds. The van der Waals surface area contributed by atoms with Crippen LogP contribution >= 0.6 is 11.3 Å². The fourth-order valence-corrected chi connectivity index (χ4v) is 2.56. The van der Waals surface area contributed by atoms with E-state index < -0.39 is 11.9 Å². The maximum atomic E-state index is 12.0. The van der Waals surface area contributed by atoms with Crippen LogP contribution in [0.4, 0.5) is 0 Å². The fourth-order valence-electron chi connectivity index (χ4n) is 1.94. The Bertz CT molecular complexity index is 863. The first-order valence-corrected chi connectivity index (χ1v) is 8.11. The maximum absolute atomic E-state index is 12.0. The Morgan fingerprint density at radius 3 is 2.40 bits per heavy atom. The van der Waals surface area contributed by atoms with E-state index in [1.807, 2.05) is 0 Å². The van der Waals surface area contributed by atoms with Gasteiger partial charge in [-0.2, -0.15) is 0 Å². The third-order valence-electron chi connectivity index (χ3n) is 3.17. The zero-order valence-corrected chi connectivity index (χ0v) is 13.7. The molecule has 2 aromatic heterocycles. The van der Waals surface area contributed by atoms with Gasteiger partial charge >= 0.3 is 11.9 Å². The van der Waals surface area contributed by atoms with Crippen molar-refractivity contribution in [2.75, 3.05) is 6.61 Å². The van der Waals surface area contributed by atoms with E-state index in [-0.39, 0.29) is 23.9 Å². The summed E-state index contributed by atoms with van der Waals surface area (Å²) in [6.07, 6.45) is 1.37. The highest BCUT2D eigenvalue weighted by Gasteiger charge is 2.14. The minimum atomic E-state index is -0.631. The molecular weight excluding hydrogens is 344 g/mol. The van der Waals surface area contributed by atoms with Gasteiger partial charge in [-0.05, 0) is 47.8 Å². The molecule has 0 fully saturated rings. The minimum absolute atomic E-state index is 0.0839. The summed E-state index contributed by atoms with van der Waals surface area (Å²) in [6.45, 7) is -0.359. The molecule has 0 spiro atoms. The van der Waals surface area contributed by atoms with E-state index in [4.69, 9.17) is 13.9 Å². The smallest absolute Gasteiger partial charge is 0.379 e. The van der Waals surface area contributed by atoms with E-state index in [0.717, 1.165) is 0 Å². The number of hydrogen-bond donors (Lipinski definition) is 0. The standard InChI is InChI=1S/C18H12O6S/c19-14(11-23-18(21)16-4-2-10-25-16)12-5-7-13(8-6-12)24-17(20)15-3-1-9-22-15/h1-10H,11H2. The lowest BCUT2D eigenvalue weighted by atomic mass is 10.1. The summed E-state index contributed by atoms with van der Waals surface area (Å²) in [5, 5.41) is 1.75. The Labute approximate surface area is 146 Å². The first-order chi connectivity index (χ1) is 12.1.